The highest BCUT2D eigenvalue weighted by Gasteiger charge is 2.33. The Morgan fingerprint density at radius 2 is 1.97 bits per heavy atom. The van der Waals surface area contributed by atoms with Crippen LogP contribution in [-0.2, 0) is 4.79 Å². The Bertz CT molecular complexity index is 894. The first-order chi connectivity index (χ1) is 13.8. The number of halogens is 3. The zero-order valence-electron chi connectivity index (χ0n) is 16.2. The lowest BCUT2D eigenvalue weighted by molar-refractivity contribution is -0.274. The third-order valence-corrected chi connectivity index (χ3v) is 4.65. The summed E-state index contributed by atoms with van der Waals surface area (Å²) in [5.74, 6) is 0.716. The molecule has 0 spiro atoms. The number of carbonyl (C=O) groups is 1. The van der Waals surface area contributed by atoms with Crippen molar-refractivity contribution in [2.45, 2.75) is 26.1 Å². The van der Waals surface area contributed by atoms with Crippen molar-refractivity contribution in [2.24, 2.45) is 10.9 Å². The number of para-hydroxylation sites is 1. The van der Waals surface area contributed by atoms with Crippen LogP contribution in [0.1, 0.15) is 24.0 Å². The average molecular weight is 405 g/mol. The second-order valence-electron chi connectivity index (χ2n) is 6.89. The molecule has 1 N–H and O–H groups in total. The maximum atomic E-state index is 12.9. The first kappa shape index (κ1) is 20.7. The third-order valence-electron chi connectivity index (χ3n) is 4.65. The van der Waals surface area contributed by atoms with Crippen molar-refractivity contribution in [1.82, 2.24) is 5.32 Å². The highest BCUT2D eigenvalue weighted by Crippen LogP contribution is 2.36. The number of aliphatic imine (C=N–C) groups is 1. The Hall–Kier alpha value is -3.03. The summed E-state index contributed by atoms with van der Waals surface area (Å²) in [5.41, 5.74) is 1.58. The summed E-state index contributed by atoms with van der Waals surface area (Å²) in [6, 6.07) is 11.4. The van der Waals surface area contributed by atoms with Gasteiger partial charge in [0.2, 0.25) is 6.41 Å². The number of ether oxygens (including phenoxy) is 1. The smallest absolute Gasteiger partial charge is 0.405 e. The van der Waals surface area contributed by atoms with Gasteiger partial charge in [-0.2, -0.15) is 0 Å². The van der Waals surface area contributed by atoms with Gasteiger partial charge in [-0.1, -0.05) is 18.2 Å². The lowest BCUT2D eigenvalue weighted by atomic mass is 10.0. The van der Waals surface area contributed by atoms with Crippen LogP contribution in [0.4, 0.5) is 24.5 Å². The molecule has 29 heavy (non-hydrogen) atoms. The molecule has 2 aromatic carbocycles. The fraction of sp³-hybridized carbons (Fsp3) is 0.333. The summed E-state index contributed by atoms with van der Waals surface area (Å²) in [5, 5.41) is 3.26. The molecule has 0 radical (unpaired) electrons. The van der Waals surface area contributed by atoms with E-state index in [0.717, 1.165) is 19.4 Å². The Labute approximate surface area is 167 Å². The quantitative estimate of drug-likeness (QED) is 0.417. The summed E-state index contributed by atoms with van der Waals surface area (Å²) < 4.78 is 42.8. The number of anilines is 2. The van der Waals surface area contributed by atoms with E-state index in [1.807, 2.05) is 0 Å². The zero-order chi connectivity index (χ0) is 21.0. The standard InChI is InChI=1S/C21H22F3N3O2/c1-14-10-17(20(25-2)26-12-15-8-9-15)18(11-19(14)29-21(22,23)24)27(13-28)16-6-4-3-5-7-16/h3-7,10-11,13,15H,8-9,12H2,1-2H3,(H,25,26). The summed E-state index contributed by atoms with van der Waals surface area (Å²) in [6.45, 7) is 2.24. The Kier molecular flexibility index (Phi) is 6.10. The fourth-order valence-corrected chi connectivity index (χ4v) is 3.00. The van der Waals surface area contributed by atoms with E-state index < -0.39 is 6.36 Å². The summed E-state index contributed by atoms with van der Waals surface area (Å²) >= 11 is 0. The molecule has 8 heteroatoms. The van der Waals surface area contributed by atoms with Gasteiger partial charge in [0.05, 0.1) is 5.69 Å². The monoisotopic (exact) mass is 405 g/mol. The van der Waals surface area contributed by atoms with E-state index in [1.54, 1.807) is 43.4 Å². The van der Waals surface area contributed by atoms with Crippen LogP contribution in [-0.4, -0.2) is 32.2 Å². The molecule has 0 atom stereocenters. The van der Waals surface area contributed by atoms with Crippen molar-refractivity contribution < 1.29 is 22.7 Å². The molecule has 1 fully saturated rings. The number of amides is 1. The molecule has 1 amide bonds. The van der Waals surface area contributed by atoms with Gasteiger partial charge in [0.1, 0.15) is 11.6 Å². The van der Waals surface area contributed by atoms with Gasteiger partial charge < -0.3 is 10.1 Å². The molecule has 154 valence electrons. The number of aryl methyl sites for hydroxylation is 1. The first-order valence-corrected chi connectivity index (χ1v) is 9.23. The average Bonchev–Trinajstić information content (AvgIpc) is 3.50. The van der Waals surface area contributed by atoms with Gasteiger partial charge in [-0.05, 0) is 49.4 Å². The molecule has 0 aromatic heterocycles. The number of benzene rings is 2. The number of carbonyl (C=O) groups excluding carboxylic acids is 1. The Balaban J connectivity index is 2.09. The van der Waals surface area contributed by atoms with Gasteiger partial charge in [0.15, 0.2) is 0 Å². The van der Waals surface area contributed by atoms with E-state index in [4.69, 9.17) is 0 Å². The molecule has 0 bridgehead atoms. The van der Waals surface area contributed by atoms with Gasteiger partial charge in [0.25, 0.3) is 0 Å². The minimum absolute atomic E-state index is 0.250. The summed E-state index contributed by atoms with van der Waals surface area (Å²) in [6.07, 6.45) is -2.00. The Morgan fingerprint density at radius 1 is 1.28 bits per heavy atom. The minimum atomic E-state index is -4.84. The van der Waals surface area contributed by atoms with Gasteiger partial charge in [0, 0.05) is 30.9 Å². The van der Waals surface area contributed by atoms with Crippen LogP contribution < -0.4 is 15.0 Å². The number of alkyl halides is 3. The van der Waals surface area contributed by atoms with Crippen LogP contribution in [0.3, 0.4) is 0 Å². The van der Waals surface area contributed by atoms with Crippen molar-refractivity contribution >= 4 is 23.6 Å². The maximum Gasteiger partial charge on any atom is 0.573 e. The van der Waals surface area contributed by atoms with Gasteiger partial charge in [-0.15, -0.1) is 13.2 Å². The molecule has 2 aromatic rings. The van der Waals surface area contributed by atoms with Gasteiger partial charge in [-0.3, -0.25) is 14.7 Å². The first-order valence-electron chi connectivity index (χ1n) is 9.23. The number of hydrogen-bond acceptors (Lipinski definition) is 3. The van der Waals surface area contributed by atoms with Crippen LogP contribution in [0.15, 0.2) is 47.5 Å². The number of nitrogens with zero attached hydrogens (tertiary/aromatic N) is 2. The number of hydrogen-bond donors (Lipinski definition) is 1. The fourth-order valence-electron chi connectivity index (χ4n) is 3.00. The van der Waals surface area contributed by atoms with Crippen molar-refractivity contribution in [2.75, 3.05) is 18.5 Å². The zero-order valence-corrected chi connectivity index (χ0v) is 16.2. The second kappa shape index (κ2) is 8.55. The van der Waals surface area contributed by atoms with Crippen molar-refractivity contribution in [3.63, 3.8) is 0 Å². The van der Waals surface area contributed by atoms with E-state index >= 15 is 0 Å². The van der Waals surface area contributed by atoms with Crippen LogP contribution in [0, 0.1) is 12.8 Å². The molecular weight excluding hydrogens is 383 g/mol. The van der Waals surface area contributed by atoms with Gasteiger partial charge >= 0.3 is 6.36 Å². The van der Waals surface area contributed by atoms with E-state index in [2.05, 4.69) is 15.0 Å². The van der Waals surface area contributed by atoms with E-state index in [1.165, 1.54) is 17.9 Å². The molecule has 0 aliphatic heterocycles. The molecule has 3 rings (SSSR count). The SMILES string of the molecule is C/N=C(/NCC1CC1)c1cc(C)c(OC(F)(F)F)cc1N(C=O)c1ccccc1. The van der Waals surface area contributed by atoms with E-state index in [9.17, 15) is 18.0 Å². The molecule has 0 unspecified atom stereocenters. The topological polar surface area (TPSA) is 53.9 Å². The van der Waals surface area contributed by atoms with Crippen molar-refractivity contribution in [3.8, 4) is 5.75 Å². The molecule has 1 saturated carbocycles. The molecule has 0 heterocycles. The normalized spacial score (nSPS) is 14.4. The minimum Gasteiger partial charge on any atom is -0.405 e. The van der Waals surface area contributed by atoms with E-state index in [-0.39, 0.29) is 17.0 Å². The second-order valence-corrected chi connectivity index (χ2v) is 6.89. The predicted molar refractivity (Wildman–Crippen MR) is 106 cm³/mol. The van der Waals surface area contributed by atoms with Crippen LogP contribution in [0.25, 0.3) is 0 Å². The molecule has 5 nitrogen and oxygen atoms in total. The van der Waals surface area contributed by atoms with Crippen LogP contribution >= 0.6 is 0 Å². The number of amidine groups is 1. The van der Waals surface area contributed by atoms with Gasteiger partial charge in [-0.25, -0.2) is 0 Å². The molecule has 0 saturated heterocycles. The number of rotatable bonds is 7. The molecular formula is C21H22F3N3O2. The predicted octanol–water partition coefficient (Wildman–Crippen LogP) is 4.56. The molecule has 1 aliphatic rings. The summed E-state index contributed by atoms with van der Waals surface area (Å²) in [4.78, 5) is 17.5. The van der Waals surface area contributed by atoms with Crippen molar-refractivity contribution in [3.05, 3.63) is 53.6 Å². The molecule has 1 aliphatic carbocycles. The largest absolute Gasteiger partial charge is 0.573 e. The lowest BCUT2D eigenvalue weighted by Crippen LogP contribution is -2.29. The highest BCUT2D eigenvalue weighted by atomic mass is 19.4. The highest BCUT2D eigenvalue weighted by molar-refractivity contribution is 6.07. The maximum absolute atomic E-state index is 12.9. The summed E-state index contributed by atoms with van der Waals surface area (Å²) in [7, 11) is 1.60. The number of nitrogens with one attached hydrogen (secondary N) is 1. The third kappa shape index (κ3) is 5.28. The van der Waals surface area contributed by atoms with Crippen LogP contribution in [0.5, 0.6) is 5.75 Å². The Morgan fingerprint density at radius 3 is 2.52 bits per heavy atom. The lowest BCUT2D eigenvalue weighted by Gasteiger charge is -2.24. The van der Waals surface area contributed by atoms with Crippen molar-refractivity contribution in [1.29, 1.82) is 0 Å². The van der Waals surface area contributed by atoms with Crippen LogP contribution in [0.2, 0.25) is 0 Å². The van der Waals surface area contributed by atoms with E-state index in [0.29, 0.717) is 29.4 Å².